The van der Waals surface area contributed by atoms with Crippen LogP contribution in [0.5, 0.6) is 0 Å². The van der Waals surface area contributed by atoms with Crippen molar-refractivity contribution < 1.29 is 28.6 Å². The quantitative estimate of drug-likeness (QED) is 0.507. The van der Waals surface area contributed by atoms with Gasteiger partial charge in [-0.1, -0.05) is 29.3 Å². The summed E-state index contributed by atoms with van der Waals surface area (Å²) in [6.45, 7) is 3.58. The summed E-state index contributed by atoms with van der Waals surface area (Å²) in [6.07, 6.45) is 1.45. The number of ether oxygens (including phenoxy) is 3. The number of amides is 1. The first-order valence-electron chi connectivity index (χ1n) is 9.05. The second-order valence-electron chi connectivity index (χ2n) is 6.65. The predicted molar refractivity (Wildman–Crippen MR) is 107 cm³/mol. The predicted octanol–water partition coefficient (Wildman–Crippen LogP) is 2.63. The molecule has 2 aliphatic heterocycles. The van der Waals surface area contributed by atoms with Gasteiger partial charge in [0.25, 0.3) is 0 Å². The number of benzene rings is 1. The summed E-state index contributed by atoms with van der Waals surface area (Å²) in [6, 6.07) is 5.06. The van der Waals surface area contributed by atoms with Crippen LogP contribution < -0.4 is 11.1 Å². The summed E-state index contributed by atoms with van der Waals surface area (Å²) in [5.41, 5.74) is 4.69. The lowest BCUT2D eigenvalue weighted by Crippen LogP contribution is -2.48. The van der Waals surface area contributed by atoms with Crippen LogP contribution in [0.1, 0.15) is 32.3 Å². The minimum absolute atomic E-state index is 0.0717. The molecule has 0 aromatic heterocycles. The number of methoxy groups -OCH3 is 1. The molecule has 2 heterocycles. The maximum absolute atomic E-state index is 13.4. The fourth-order valence-electron chi connectivity index (χ4n) is 3.65. The molecule has 0 aliphatic carbocycles. The van der Waals surface area contributed by atoms with Gasteiger partial charge in [0.2, 0.25) is 11.8 Å². The van der Waals surface area contributed by atoms with Crippen molar-refractivity contribution in [2.24, 2.45) is 5.73 Å². The van der Waals surface area contributed by atoms with Crippen LogP contribution in [0, 0.1) is 0 Å². The lowest BCUT2D eigenvalue weighted by atomic mass is 9.67. The summed E-state index contributed by atoms with van der Waals surface area (Å²) >= 11 is 3.38. The molecule has 1 amide bonds. The van der Waals surface area contributed by atoms with E-state index in [0.717, 1.165) is 6.42 Å². The van der Waals surface area contributed by atoms with Crippen molar-refractivity contribution in [1.82, 2.24) is 0 Å². The van der Waals surface area contributed by atoms with E-state index >= 15 is 0 Å². The lowest BCUT2D eigenvalue weighted by molar-refractivity contribution is -0.142. The molecular formula is C20H21BrN2O6. The van der Waals surface area contributed by atoms with Crippen LogP contribution in [-0.2, 0) is 34.0 Å². The van der Waals surface area contributed by atoms with E-state index in [1.54, 1.807) is 18.2 Å². The molecule has 8 nitrogen and oxygen atoms in total. The molecule has 1 spiro atoms. The third-order valence-electron chi connectivity index (χ3n) is 4.91. The highest BCUT2D eigenvalue weighted by molar-refractivity contribution is 9.10. The summed E-state index contributed by atoms with van der Waals surface area (Å²) in [4.78, 5) is 39.2. The van der Waals surface area contributed by atoms with Crippen molar-refractivity contribution in [2.45, 2.75) is 32.1 Å². The molecule has 0 radical (unpaired) electrons. The number of esters is 2. The van der Waals surface area contributed by atoms with E-state index in [1.165, 1.54) is 14.0 Å². The molecule has 0 unspecified atom stereocenters. The van der Waals surface area contributed by atoms with Gasteiger partial charge in [0.1, 0.15) is 22.3 Å². The number of allylic oxidation sites excluding steroid dienone is 1. The van der Waals surface area contributed by atoms with Crippen molar-refractivity contribution in [3.8, 4) is 0 Å². The van der Waals surface area contributed by atoms with E-state index < -0.39 is 23.3 Å². The van der Waals surface area contributed by atoms with Crippen molar-refractivity contribution in [2.75, 3.05) is 19.0 Å². The molecule has 1 aromatic rings. The molecule has 0 saturated carbocycles. The zero-order valence-electron chi connectivity index (χ0n) is 16.3. The number of fused-ring (bicyclic) bond motifs is 2. The summed E-state index contributed by atoms with van der Waals surface area (Å²) in [5, 5.41) is 2.73. The highest BCUT2D eigenvalue weighted by Crippen LogP contribution is 2.53. The van der Waals surface area contributed by atoms with Gasteiger partial charge in [-0.05, 0) is 31.5 Å². The standard InChI is InChI=1S/C20H21BrN2O6/c1-4-5-8-28-18(25)15-16(22)29-10(2)14(17(24)27-3)20(15)12-9-11(21)6-7-13(12)23-19(20)26/h6-7,9H,4-5,8,22H2,1-3H3,(H,23,26)/t20-/m0/s1. The Balaban J connectivity index is 2.30. The summed E-state index contributed by atoms with van der Waals surface area (Å²) < 4.78 is 16.4. The molecule has 1 aromatic carbocycles. The Hall–Kier alpha value is -2.81. The number of rotatable bonds is 5. The molecule has 29 heavy (non-hydrogen) atoms. The van der Waals surface area contributed by atoms with Crippen molar-refractivity contribution in [3.63, 3.8) is 0 Å². The molecular weight excluding hydrogens is 444 g/mol. The van der Waals surface area contributed by atoms with E-state index in [4.69, 9.17) is 19.9 Å². The van der Waals surface area contributed by atoms with Gasteiger partial charge >= 0.3 is 11.9 Å². The van der Waals surface area contributed by atoms with Crippen LogP contribution in [0.2, 0.25) is 0 Å². The number of halogens is 1. The van der Waals surface area contributed by atoms with Gasteiger partial charge in [0.05, 0.1) is 13.7 Å². The molecule has 0 bridgehead atoms. The zero-order valence-corrected chi connectivity index (χ0v) is 17.8. The van der Waals surface area contributed by atoms with Crippen LogP contribution in [0.15, 0.2) is 45.5 Å². The van der Waals surface area contributed by atoms with Crippen LogP contribution in [0.4, 0.5) is 5.69 Å². The number of hydrogen-bond acceptors (Lipinski definition) is 7. The van der Waals surface area contributed by atoms with Gasteiger partial charge in [-0.15, -0.1) is 0 Å². The Bertz CT molecular complexity index is 968. The van der Waals surface area contributed by atoms with Gasteiger partial charge < -0.3 is 25.3 Å². The Morgan fingerprint density at radius 3 is 2.66 bits per heavy atom. The minimum Gasteiger partial charge on any atom is -0.466 e. The SMILES string of the molecule is CCCCOC(=O)C1=C(N)OC(C)=C(C(=O)OC)[C@]12C(=O)Nc1ccc(Br)cc12. The highest BCUT2D eigenvalue weighted by Gasteiger charge is 2.61. The molecule has 2 aliphatic rings. The van der Waals surface area contributed by atoms with Gasteiger partial charge in [0.15, 0.2) is 0 Å². The van der Waals surface area contributed by atoms with Crippen LogP contribution in [0.25, 0.3) is 0 Å². The van der Waals surface area contributed by atoms with Crippen molar-refractivity contribution in [1.29, 1.82) is 0 Å². The van der Waals surface area contributed by atoms with Crippen LogP contribution in [0.3, 0.4) is 0 Å². The minimum atomic E-state index is -1.85. The van der Waals surface area contributed by atoms with E-state index in [-0.39, 0.29) is 29.4 Å². The number of hydrogen-bond donors (Lipinski definition) is 2. The topological polar surface area (TPSA) is 117 Å². The lowest BCUT2D eigenvalue weighted by Gasteiger charge is -2.35. The van der Waals surface area contributed by atoms with Gasteiger partial charge in [0, 0.05) is 15.7 Å². The van der Waals surface area contributed by atoms with Gasteiger partial charge in [-0.25, -0.2) is 9.59 Å². The largest absolute Gasteiger partial charge is 0.466 e. The monoisotopic (exact) mass is 464 g/mol. The number of unbranched alkanes of at least 4 members (excludes halogenated alkanes) is 1. The molecule has 1 atom stereocenters. The second kappa shape index (κ2) is 7.90. The second-order valence-corrected chi connectivity index (χ2v) is 7.56. The van der Waals surface area contributed by atoms with Crippen LogP contribution in [-0.4, -0.2) is 31.6 Å². The molecule has 0 fully saturated rings. The molecule has 3 rings (SSSR count). The normalized spacial score (nSPS) is 20.3. The average molecular weight is 465 g/mol. The third-order valence-corrected chi connectivity index (χ3v) is 5.40. The number of anilines is 1. The third kappa shape index (κ3) is 3.19. The van der Waals surface area contributed by atoms with Crippen LogP contribution >= 0.6 is 15.9 Å². The van der Waals surface area contributed by atoms with E-state index in [2.05, 4.69) is 21.2 Å². The van der Waals surface area contributed by atoms with E-state index in [0.29, 0.717) is 22.1 Å². The fraction of sp³-hybridized carbons (Fsp3) is 0.350. The summed E-state index contributed by atoms with van der Waals surface area (Å²) in [7, 11) is 1.19. The molecule has 3 N–H and O–H groups in total. The Labute approximate surface area is 176 Å². The smallest absolute Gasteiger partial charge is 0.341 e. The zero-order chi connectivity index (χ0) is 21.3. The maximum Gasteiger partial charge on any atom is 0.341 e. The average Bonchev–Trinajstić information content (AvgIpc) is 2.93. The Morgan fingerprint density at radius 2 is 2.00 bits per heavy atom. The molecule has 9 heteroatoms. The first-order valence-corrected chi connectivity index (χ1v) is 9.84. The van der Waals surface area contributed by atoms with Crippen molar-refractivity contribution >= 4 is 39.5 Å². The molecule has 0 saturated heterocycles. The van der Waals surface area contributed by atoms with Crippen molar-refractivity contribution in [3.05, 3.63) is 51.0 Å². The number of carbonyl (C=O) groups excluding carboxylic acids is 3. The van der Waals surface area contributed by atoms with Gasteiger partial charge in [-0.3, -0.25) is 4.79 Å². The fourth-order valence-corrected chi connectivity index (χ4v) is 4.01. The van der Waals surface area contributed by atoms with E-state index in [1.807, 2.05) is 6.92 Å². The first kappa shape index (κ1) is 20.9. The molecule has 154 valence electrons. The Morgan fingerprint density at radius 1 is 1.28 bits per heavy atom. The van der Waals surface area contributed by atoms with Gasteiger partial charge in [-0.2, -0.15) is 0 Å². The maximum atomic E-state index is 13.4. The number of carbonyl (C=O) groups is 3. The highest BCUT2D eigenvalue weighted by atomic mass is 79.9. The Kier molecular flexibility index (Phi) is 5.70. The number of nitrogens with one attached hydrogen (secondary N) is 1. The summed E-state index contributed by atoms with van der Waals surface area (Å²) in [5.74, 6) is -2.47. The number of nitrogens with two attached hydrogens (primary N) is 1. The first-order chi connectivity index (χ1) is 13.8. The van der Waals surface area contributed by atoms with E-state index in [9.17, 15) is 14.4 Å².